The van der Waals surface area contributed by atoms with Crippen LogP contribution < -0.4 is 5.32 Å². The van der Waals surface area contributed by atoms with Crippen molar-refractivity contribution in [3.05, 3.63) is 35.9 Å². The quantitative estimate of drug-likeness (QED) is 0.832. The van der Waals surface area contributed by atoms with E-state index in [-0.39, 0.29) is 6.04 Å². The summed E-state index contributed by atoms with van der Waals surface area (Å²) in [5.74, 6) is 0.975. The molecular weight excluding hydrogens is 252 g/mol. The lowest BCUT2D eigenvalue weighted by molar-refractivity contribution is 0.486. The van der Waals surface area contributed by atoms with Crippen LogP contribution in [-0.4, -0.2) is 31.3 Å². The summed E-state index contributed by atoms with van der Waals surface area (Å²) in [6.07, 6.45) is 7.11. The van der Waals surface area contributed by atoms with Gasteiger partial charge in [-0.15, -0.1) is 0 Å². The highest BCUT2D eigenvalue weighted by molar-refractivity contribution is 5.08. The van der Waals surface area contributed by atoms with E-state index < -0.39 is 0 Å². The molecule has 2 heterocycles. The van der Waals surface area contributed by atoms with Crippen LogP contribution >= 0.6 is 0 Å². The van der Waals surface area contributed by atoms with Crippen LogP contribution in [0.15, 0.2) is 18.7 Å². The number of rotatable bonds is 7. The first kappa shape index (κ1) is 14.6. The van der Waals surface area contributed by atoms with Crippen molar-refractivity contribution in [2.75, 3.05) is 6.54 Å². The molecule has 0 spiro atoms. The van der Waals surface area contributed by atoms with Crippen molar-refractivity contribution in [1.82, 2.24) is 30.0 Å². The Hall–Kier alpha value is -1.82. The van der Waals surface area contributed by atoms with Gasteiger partial charge in [0.1, 0.15) is 12.2 Å². The molecule has 1 unspecified atom stereocenters. The second-order valence-corrected chi connectivity index (χ2v) is 4.79. The molecule has 0 radical (unpaired) electrons. The Labute approximate surface area is 119 Å². The highest BCUT2D eigenvalue weighted by Gasteiger charge is 2.16. The summed E-state index contributed by atoms with van der Waals surface area (Å²) in [6.45, 7) is 7.94. The minimum atomic E-state index is 0.123. The fourth-order valence-electron chi connectivity index (χ4n) is 2.08. The molecule has 0 aliphatic carbocycles. The molecule has 0 aromatic carbocycles. The minimum Gasteiger partial charge on any atom is -0.308 e. The first-order valence-electron chi connectivity index (χ1n) is 7.13. The standard InChI is InChI=1S/C14H22N6/c1-4-6-15-12(13-9-16-11(3)8-17-13)7-14-18-10-19-20(14)5-2/h8-10,12,15H,4-7H2,1-3H3. The minimum absolute atomic E-state index is 0.123. The number of aryl methyl sites for hydroxylation is 2. The first-order valence-corrected chi connectivity index (χ1v) is 7.13. The van der Waals surface area contributed by atoms with Gasteiger partial charge in [-0.05, 0) is 26.8 Å². The van der Waals surface area contributed by atoms with Gasteiger partial charge in [-0.25, -0.2) is 4.98 Å². The van der Waals surface area contributed by atoms with Gasteiger partial charge in [0.25, 0.3) is 0 Å². The van der Waals surface area contributed by atoms with Gasteiger partial charge >= 0.3 is 0 Å². The maximum Gasteiger partial charge on any atom is 0.138 e. The van der Waals surface area contributed by atoms with E-state index in [1.54, 1.807) is 12.5 Å². The lowest BCUT2D eigenvalue weighted by atomic mass is 10.1. The average molecular weight is 274 g/mol. The van der Waals surface area contributed by atoms with E-state index in [2.05, 4.69) is 39.2 Å². The summed E-state index contributed by atoms with van der Waals surface area (Å²) in [7, 11) is 0. The Kier molecular flexibility index (Phi) is 5.17. The number of aromatic nitrogens is 5. The molecule has 1 N–H and O–H groups in total. The van der Waals surface area contributed by atoms with E-state index in [4.69, 9.17) is 0 Å². The number of nitrogens with zero attached hydrogens (tertiary/aromatic N) is 5. The molecule has 0 bridgehead atoms. The highest BCUT2D eigenvalue weighted by atomic mass is 15.3. The summed E-state index contributed by atoms with van der Waals surface area (Å²) in [6, 6.07) is 0.123. The van der Waals surface area contributed by atoms with Crippen molar-refractivity contribution in [2.45, 2.75) is 46.2 Å². The monoisotopic (exact) mass is 274 g/mol. The molecule has 0 fully saturated rings. The zero-order chi connectivity index (χ0) is 14.4. The van der Waals surface area contributed by atoms with E-state index >= 15 is 0 Å². The molecule has 6 nitrogen and oxygen atoms in total. The van der Waals surface area contributed by atoms with Crippen molar-refractivity contribution in [1.29, 1.82) is 0 Å². The summed E-state index contributed by atoms with van der Waals surface area (Å²) in [5.41, 5.74) is 1.88. The van der Waals surface area contributed by atoms with Gasteiger partial charge in [-0.3, -0.25) is 14.6 Å². The molecule has 1 atom stereocenters. The predicted octanol–water partition coefficient (Wildman–Crippen LogP) is 1.68. The van der Waals surface area contributed by atoms with Crippen molar-refractivity contribution in [3.8, 4) is 0 Å². The average Bonchev–Trinajstić information content (AvgIpc) is 2.91. The molecule has 108 valence electrons. The van der Waals surface area contributed by atoms with E-state index in [9.17, 15) is 0 Å². The molecular formula is C14H22N6. The van der Waals surface area contributed by atoms with E-state index in [0.717, 1.165) is 43.1 Å². The Balaban J connectivity index is 2.17. The van der Waals surface area contributed by atoms with Gasteiger partial charge in [0.05, 0.1) is 23.6 Å². The molecule has 0 saturated heterocycles. The zero-order valence-electron chi connectivity index (χ0n) is 12.4. The van der Waals surface area contributed by atoms with Gasteiger partial charge in [0.15, 0.2) is 0 Å². The fraction of sp³-hybridized carbons (Fsp3) is 0.571. The second kappa shape index (κ2) is 7.09. The largest absolute Gasteiger partial charge is 0.308 e. The summed E-state index contributed by atoms with van der Waals surface area (Å²) >= 11 is 0. The van der Waals surface area contributed by atoms with Crippen molar-refractivity contribution < 1.29 is 0 Å². The Morgan fingerprint density at radius 3 is 2.70 bits per heavy atom. The number of hydrogen-bond donors (Lipinski definition) is 1. The van der Waals surface area contributed by atoms with Crippen LogP contribution in [0.4, 0.5) is 0 Å². The smallest absolute Gasteiger partial charge is 0.138 e. The van der Waals surface area contributed by atoms with Crippen LogP contribution in [-0.2, 0) is 13.0 Å². The van der Waals surface area contributed by atoms with Gasteiger partial charge < -0.3 is 5.32 Å². The molecule has 2 rings (SSSR count). The lowest BCUT2D eigenvalue weighted by Gasteiger charge is -2.17. The van der Waals surface area contributed by atoms with E-state index in [1.807, 2.05) is 17.8 Å². The highest BCUT2D eigenvalue weighted by Crippen LogP contribution is 2.15. The van der Waals surface area contributed by atoms with Gasteiger partial charge in [0.2, 0.25) is 0 Å². The third-order valence-corrected chi connectivity index (χ3v) is 3.18. The number of nitrogens with one attached hydrogen (secondary N) is 1. The molecule has 0 amide bonds. The second-order valence-electron chi connectivity index (χ2n) is 4.79. The Morgan fingerprint density at radius 1 is 1.20 bits per heavy atom. The van der Waals surface area contributed by atoms with Gasteiger partial charge in [-0.1, -0.05) is 6.92 Å². The maximum absolute atomic E-state index is 4.49. The van der Waals surface area contributed by atoms with Crippen LogP contribution in [0.3, 0.4) is 0 Å². The molecule has 6 heteroatoms. The van der Waals surface area contributed by atoms with Crippen LogP contribution in [0.1, 0.15) is 43.5 Å². The van der Waals surface area contributed by atoms with Gasteiger partial charge in [-0.2, -0.15) is 5.10 Å². The van der Waals surface area contributed by atoms with Crippen molar-refractivity contribution in [3.63, 3.8) is 0 Å². The zero-order valence-corrected chi connectivity index (χ0v) is 12.4. The third-order valence-electron chi connectivity index (χ3n) is 3.18. The summed E-state index contributed by atoms with van der Waals surface area (Å²) < 4.78 is 1.92. The van der Waals surface area contributed by atoms with Crippen LogP contribution in [0.5, 0.6) is 0 Å². The third kappa shape index (κ3) is 3.60. The van der Waals surface area contributed by atoms with Crippen LogP contribution in [0.2, 0.25) is 0 Å². The molecule has 0 saturated carbocycles. The topological polar surface area (TPSA) is 68.5 Å². The Morgan fingerprint density at radius 2 is 2.05 bits per heavy atom. The molecule has 2 aromatic rings. The lowest BCUT2D eigenvalue weighted by Crippen LogP contribution is -2.26. The van der Waals surface area contributed by atoms with Gasteiger partial charge in [0, 0.05) is 19.2 Å². The first-order chi connectivity index (χ1) is 9.74. The molecule has 2 aromatic heterocycles. The summed E-state index contributed by atoms with van der Waals surface area (Å²) in [4.78, 5) is 13.2. The van der Waals surface area contributed by atoms with Crippen molar-refractivity contribution in [2.24, 2.45) is 0 Å². The van der Waals surface area contributed by atoms with Crippen LogP contribution in [0, 0.1) is 6.92 Å². The van der Waals surface area contributed by atoms with E-state index in [0.29, 0.717) is 0 Å². The van der Waals surface area contributed by atoms with Crippen LogP contribution in [0.25, 0.3) is 0 Å². The Bertz CT molecular complexity index is 519. The molecule has 0 aliphatic heterocycles. The molecule has 20 heavy (non-hydrogen) atoms. The van der Waals surface area contributed by atoms with Crippen molar-refractivity contribution >= 4 is 0 Å². The number of hydrogen-bond acceptors (Lipinski definition) is 5. The SMILES string of the molecule is CCCNC(Cc1ncnn1CC)c1cnc(C)cn1. The molecule has 0 aliphatic rings. The van der Waals surface area contributed by atoms with E-state index in [1.165, 1.54) is 0 Å². The predicted molar refractivity (Wildman–Crippen MR) is 77.2 cm³/mol. The normalized spacial score (nSPS) is 12.6. The summed E-state index contributed by atoms with van der Waals surface area (Å²) in [5, 5.41) is 7.73. The maximum atomic E-state index is 4.49. The fourth-order valence-corrected chi connectivity index (χ4v) is 2.08.